The maximum absolute atomic E-state index is 13.1. The van der Waals surface area contributed by atoms with Crippen LogP contribution in [0.25, 0.3) is 0 Å². The first-order valence-electron chi connectivity index (χ1n) is 8.44. The van der Waals surface area contributed by atoms with Crippen LogP contribution in [0, 0.1) is 6.92 Å². The molecule has 0 saturated carbocycles. The largest absolute Gasteiger partial charge is 0.331 e. The van der Waals surface area contributed by atoms with Gasteiger partial charge in [-0.05, 0) is 32.7 Å². The first kappa shape index (κ1) is 16.2. The zero-order valence-electron chi connectivity index (χ0n) is 14.4. The quantitative estimate of drug-likeness (QED) is 0.819. The average molecular weight is 318 g/mol. The molecule has 6 nitrogen and oxygen atoms in total. The molecule has 2 unspecified atom stereocenters. The number of aromatic nitrogens is 2. The van der Waals surface area contributed by atoms with Crippen molar-refractivity contribution in [3.63, 3.8) is 0 Å². The van der Waals surface area contributed by atoms with Gasteiger partial charge in [0.25, 0.3) is 11.5 Å². The van der Waals surface area contributed by atoms with Crippen molar-refractivity contribution in [2.24, 2.45) is 0 Å². The number of hydrogen-bond donors (Lipinski definition) is 2. The number of rotatable bonds is 1. The van der Waals surface area contributed by atoms with Crippen LogP contribution in [-0.4, -0.2) is 45.9 Å². The van der Waals surface area contributed by atoms with Crippen LogP contribution in [0.2, 0.25) is 0 Å². The zero-order valence-corrected chi connectivity index (χ0v) is 14.4. The topological polar surface area (TPSA) is 78.1 Å². The van der Waals surface area contributed by atoms with Crippen LogP contribution in [0.15, 0.2) is 4.79 Å². The van der Waals surface area contributed by atoms with Crippen molar-refractivity contribution in [2.45, 2.75) is 64.5 Å². The van der Waals surface area contributed by atoms with E-state index in [-0.39, 0.29) is 34.5 Å². The van der Waals surface area contributed by atoms with E-state index in [0.717, 1.165) is 32.4 Å². The summed E-state index contributed by atoms with van der Waals surface area (Å²) in [7, 11) is 0. The fourth-order valence-electron chi connectivity index (χ4n) is 3.64. The summed E-state index contributed by atoms with van der Waals surface area (Å²) in [5.41, 5.74) is 0.165. The Labute approximate surface area is 136 Å². The summed E-state index contributed by atoms with van der Waals surface area (Å²) < 4.78 is 0. The first-order valence-corrected chi connectivity index (χ1v) is 8.44. The summed E-state index contributed by atoms with van der Waals surface area (Å²) in [4.78, 5) is 34.8. The highest BCUT2D eigenvalue weighted by molar-refractivity contribution is 5.95. The molecule has 1 amide bonds. The Balaban J connectivity index is 1.99. The average Bonchev–Trinajstić information content (AvgIpc) is 2.70. The molecule has 2 fully saturated rings. The molecular formula is C17H26N4O2. The highest BCUT2D eigenvalue weighted by Gasteiger charge is 2.39. The van der Waals surface area contributed by atoms with Crippen LogP contribution in [0.3, 0.4) is 0 Å². The minimum absolute atomic E-state index is 0.159. The molecule has 2 aliphatic rings. The minimum atomic E-state index is -0.316. The third-order valence-corrected chi connectivity index (χ3v) is 4.91. The maximum Gasteiger partial charge on any atom is 0.264 e. The van der Waals surface area contributed by atoms with E-state index in [2.05, 4.69) is 15.3 Å². The van der Waals surface area contributed by atoms with Crippen molar-refractivity contribution < 1.29 is 4.79 Å². The molecule has 1 aromatic rings. The molecule has 0 radical (unpaired) electrons. The van der Waals surface area contributed by atoms with E-state index in [0.29, 0.717) is 11.5 Å². The number of carbonyl (C=O) groups excluding carboxylic acids is 1. The third-order valence-electron chi connectivity index (χ3n) is 4.91. The van der Waals surface area contributed by atoms with E-state index < -0.39 is 0 Å². The van der Waals surface area contributed by atoms with Crippen LogP contribution in [0.4, 0.5) is 0 Å². The molecule has 2 aliphatic heterocycles. The van der Waals surface area contributed by atoms with E-state index in [4.69, 9.17) is 0 Å². The number of carbonyl (C=O) groups is 1. The molecule has 3 heterocycles. The fraction of sp³-hybridized carbons (Fsp3) is 0.706. The number of amides is 1. The number of nitrogens with one attached hydrogen (secondary N) is 2. The molecule has 2 atom stereocenters. The zero-order chi connectivity index (χ0) is 16.8. The lowest BCUT2D eigenvalue weighted by Crippen LogP contribution is -2.45. The van der Waals surface area contributed by atoms with Crippen LogP contribution < -0.4 is 10.9 Å². The lowest BCUT2D eigenvalue weighted by molar-refractivity contribution is 0.0677. The van der Waals surface area contributed by atoms with Gasteiger partial charge in [-0.25, -0.2) is 4.98 Å². The van der Waals surface area contributed by atoms with Crippen LogP contribution in [0.5, 0.6) is 0 Å². The van der Waals surface area contributed by atoms with Gasteiger partial charge in [-0.15, -0.1) is 0 Å². The van der Waals surface area contributed by atoms with Gasteiger partial charge in [0.15, 0.2) is 0 Å². The van der Waals surface area contributed by atoms with E-state index >= 15 is 0 Å². The van der Waals surface area contributed by atoms with Crippen molar-refractivity contribution in [3.05, 3.63) is 27.4 Å². The summed E-state index contributed by atoms with van der Waals surface area (Å²) in [6.45, 7) is 9.48. The molecule has 2 bridgehead atoms. The van der Waals surface area contributed by atoms with Crippen LogP contribution in [-0.2, 0) is 5.41 Å². The Morgan fingerprint density at radius 3 is 2.57 bits per heavy atom. The molecule has 2 saturated heterocycles. The molecule has 1 aromatic heterocycles. The Morgan fingerprint density at radius 1 is 1.22 bits per heavy atom. The Morgan fingerprint density at radius 2 is 1.91 bits per heavy atom. The minimum Gasteiger partial charge on any atom is -0.331 e. The first-order chi connectivity index (χ1) is 10.8. The van der Waals surface area contributed by atoms with Gasteiger partial charge < -0.3 is 15.2 Å². The maximum atomic E-state index is 13.1. The number of H-pyrrole nitrogens is 1. The van der Waals surface area contributed by atoms with Gasteiger partial charge in [0.05, 0.1) is 5.69 Å². The van der Waals surface area contributed by atoms with Crippen LogP contribution >= 0.6 is 0 Å². The highest BCUT2D eigenvalue weighted by atomic mass is 16.2. The monoisotopic (exact) mass is 318 g/mol. The van der Waals surface area contributed by atoms with E-state index in [1.54, 1.807) is 6.92 Å². The van der Waals surface area contributed by atoms with Gasteiger partial charge in [0.2, 0.25) is 0 Å². The van der Waals surface area contributed by atoms with Crippen molar-refractivity contribution in [1.82, 2.24) is 20.2 Å². The Bertz CT molecular complexity index is 660. The Hall–Kier alpha value is -1.69. The van der Waals surface area contributed by atoms with E-state index in [9.17, 15) is 9.59 Å². The lowest BCUT2D eigenvalue weighted by atomic mass is 9.95. The number of aromatic amines is 1. The van der Waals surface area contributed by atoms with E-state index in [1.165, 1.54) is 0 Å². The lowest BCUT2D eigenvalue weighted by Gasteiger charge is -2.28. The molecule has 0 aliphatic carbocycles. The van der Waals surface area contributed by atoms with Gasteiger partial charge in [-0.2, -0.15) is 0 Å². The van der Waals surface area contributed by atoms with Gasteiger partial charge in [-0.1, -0.05) is 20.8 Å². The normalized spacial score (nSPS) is 24.6. The summed E-state index contributed by atoms with van der Waals surface area (Å²) in [6, 6.07) is 0.430. The van der Waals surface area contributed by atoms with E-state index in [1.807, 2.05) is 25.7 Å². The van der Waals surface area contributed by atoms with Crippen molar-refractivity contribution in [1.29, 1.82) is 0 Å². The second kappa shape index (κ2) is 5.74. The molecule has 126 valence electrons. The third kappa shape index (κ3) is 2.92. The number of fused-ring (bicyclic) bond motifs is 2. The predicted octanol–water partition coefficient (Wildman–Crippen LogP) is 1.34. The SMILES string of the molecule is Cc1nc(C(C)(C)C)[nH]c(=O)c1C(=O)N1C2CCNCC1CC2. The van der Waals surface area contributed by atoms with Crippen LogP contribution in [0.1, 0.15) is 61.9 Å². The predicted molar refractivity (Wildman–Crippen MR) is 88.8 cm³/mol. The summed E-state index contributed by atoms with van der Waals surface area (Å²) in [5, 5.41) is 3.38. The number of aryl methyl sites for hydroxylation is 1. The Kier molecular flexibility index (Phi) is 4.04. The second-order valence-corrected chi connectivity index (χ2v) is 7.72. The summed E-state index contributed by atoms with van der Waals surface area (Å²) >= 11 is 0. The standard InChI is InChI=1S/C17H26N4O2/c1-10-13(14(22)20-16(19-10)17(2,3)4)15(23)21-11-5-6-12(21)9-18-8-7-11/h11-12,18H,5-9H2,1-4H3,(H,19,20,22). The van der Waals surface area contributed by atoms with Crippen molar-refractivity contribution >= 4 is 5.91 Å². The molecular weight excluding hydrogens is 292 g/mol. The molecule has 6 heteroatoms. The van der Waals surface area contributed by atoms with Gasteiger partial charge in [0, 0.05) is 24.0 Å². The second-order valence-electron chi connectivity index (χ2n) is 7.72. The number of nitrogens with zero attached hydrogens (tertiary/aromatic N) is 2. The molecule has 0 aromatic carbocycles. The van der Waals surface area contributed by atoms with Gasteiger partial charge >= 0.3 is 0 Å². The molecule has 3 rings (SSSR count). The van der Waals surface area contributed by atoms with Crippen molar-refractivity contribution in [2.75, 3.05) is 13.1 Å². The van der Waals surface area contributed by atoms with Crippen molar-refractivity contribution in [3.8, 4) is 0 Å². The highest BCUT2D eigenvalue weighted by Crippen LogP contribution is 2.29. The summed E-state index contributed by atoms with van der Waals surface area (Å²) in [5.74, 6) is 0.463. The smallest absolute Gasteiger partial charge is 0.264 e. The fourth-order valence-corrected chi connectivity index (χ4v) is 3.64. The molecule has 23 heavy (non-hydrogen) atoms. The molecule has 2 N–H and O–H groups in total. The number of hydrogen-bond acceptors (Lipinski definition) is 4. The van der Waals surface area contributed by atoms with Gasteiger partial charge in [0.1, 0.15) is 11.4 Å². The summed E-state index contributed by atoms with van der Waals surface area (Å²) in [6.07, 6.45) is 2.99. The van der Waals surface area contributed by atoms with Gasteiger partial charge in [-0.3, -0.25) is 9.59 Å². The molecule has 0 spiro atoms.